The molecule has 0 saturated carbocycles. The Hall–Kier alpha value is -3.60. The third-order valence-corrected chi connectivity index (χ3v) is 4.91. The molecule has 1 aromatic carbocycles. The van der Waals surface area contributed by atoms with Crippen molar-refractivity contribution in [1.82, 2.24) is 21.3 Å². The third-order valence-electron chi connectivity index (χ3n) is 4.91. The highest BCUT2D eigenvalue weighted by Gasteiger charge is 2.28. The largest absolute Gasteiger partial charge is 0.494 e. The average molecular weight is 491 g/mol. The molecule has 0 fully saturated rings. The SMILES string of the molecule is C=C(C)OCc1ccc(NC(=O)[C@@H](CCCNC(N)=O)NC(=O)[C@H](NC(=O)CNC)C(C)C)cc1. The fourth-order valence-corrected chi connectivity index (χ4v) is 3.09. The molecule has 194 valence electrons. The number of anilines is 1. The first-order chi connectivity index (χ1) is 16.5. The number of urea groups is 1. The second-order valence-electron chi connectivity index (χ2n) is 8.49. The Kier molecular flexibility index (Phi) is 12.9. The van der Waals surface area contributed by atoms with Gasteiger partial charge >= 0.3 is 6.03 Å². The molecular formula is C24H38N6O5. The zero-order valence-electron chi connectivity index (χ0n) is 20.9. The van der Waals surface area contributed by atoms with Crippen molar-refractivity contribution in [3.8, 4) is 0 Å². The first kappa shape index (κ1) is 29.4. The van der Waals surface area contributed by atoms with Crippen LogP contribution >= 0.6 is 0 Å². The van der Waals surface area contributed by atoms with Crippen LogP contribution in [0, 0.1) is 5.92 Å². The minimum absolute atomic E-state index is 0.0621. The zero-order chi connectivity index (χ0) is 26.4. The van der Waals surface area contributed by atoms with Crippen molar-refractivity contribution < 1.29 is 23.9 Å². The Morgan fingerprint density at radius 1 is 1.06 bits per heavy atom. The van der Waals surface area contributed by atoms with E-state index >= 15 is 0 Å². The Morgan fingerprint density at radius 2 is 1.71 bits per heavy atom. The second kappa shape index (κ2) is 15.3. The van der Waals surface area contributed by atoms with Gasteiger partial charge in [0.2, 0.25) is 17.7 Å². The summed E-state index contributed by atoms with van der Waals surface area (Å²) < 4.78 is 5.38. The molecule has 0 aliphatic rings. The summed E-state index contributed by atoms with van der Waals surface area (Å²) in [5.41, 5.74) is 6.54. The van der Waals surface area contributed by atoms with Crippen LogP contribution in [0.3, 0.4) is 0 Å². The molecule has 0 spiro atoms. The number of nitrogens with two attached hydrogens (primary N) is 1. The first-order valence-corrected chi connectivity index (χ1v) is 11.5. The van der Waals surface area contributed by atoms with Crippen molar-refractivity contribution in [2.24, 2.45) is 11.7 Å². The number of ether oxygens (including phenoxy) is 1. The summed E-state index contributed by atoms with van der Waals surface area (Å²) in [7, 11) is 1.63. The van der Waals surface area contributed by atoms with Crippen LogP contribution in [0.4, 0.5) is 10.5 Å². The van der Waals surface area contributed by atoms with Gasteiger partial charge in [-0.2, -0.15) is 0 Å². The maximum Gasteiger partial charge on any atom is 0.312 e. The van der Waals surface area contributed by atoms with E-state index in [0.29, 0.717) is 24.5 Å². The van der Waals surface area contributed by atoms with Crippen molar-refractivity contribution in [1.29, 1.82) is 0 Å². The van der Waals surface area contributed by atoms with E-state index in [9.17, 15) is 19.2 Å². The highest BCUT2D eigenvalue weighted by Crippen LogP contribution is 2.13. The number of nitrogens with one attached hydrogen (secondary N) is 5. The molecular weight excluding hydrogens is 452 g/mol. The van der Waals surface area contributed by atoms with E-state index in [1.165, 1.54) is 0 Å². The normalized spacial score (nSPS) is 12.3. The number of carbonyl (C=O) groups is 4. The topological polar surface area (TPSA) is 164 Å². The van der Waals surface area contributed by atoms with Gasteiger partial charge in [0.25, 0.3) is 0 Å². The van der Waals surface area contributed by atoms with E-state index in [2.05, 4.69) is 33.2 Å². The predicted octanol–water partition coefficient (Wildman–Crippen LogP) is 0.969. The van der Waals surface area contributed by atoms with Crippen LogP contribution in [0.25, 0.3) is 0 Å². The fraction of sp³-hybridized carbons (Fsp3) is 0.500. The molecule has 1 aromatic rings. The lowest BCUT2D eigenvalue weighted by Crippen LogP contribution is -2.55. The smallest absolute Gasteiger partial charge is 0.312 e. The number of likely N-dealkylation sites (N-methyl/N-ethyl adjacent to an activating group) is 1. The second-order valence-corrected chi connectivity index (χ2v) is 8.49. The number of allylic oxidation sites excluding steroid dienone is 1. The lowest BCUT2D eigenvalue weighted by Gasteiger charge is -2.25. The maximum atomic E-state index is 13.0. The molecule has 0 aliphatic carbocycles. The van der Waals surface area contributed by atoms with Gasteiger partial charge in [-0.3, -0.25) is 14.4 Å². The van der Waals surface area contributed by atoms with Crippen molar-refractivity contribution >= 4 is 29.4 Å². The predicted molar refractivity (Wildman–Crippen MR) is 134 cm³/mol. The molecule has 1 rings (SSSR count). The number of rotatable bonds is 15. The molecule has 11 heteroatoms. The molecule has 2 atom stereocenters. The number of primary amides is 1. The molecule has 0 unspecified atom stereocenters. The molecule has 0 heterocycles. The number of hydrogen-bond acceptors (Lipinski definition) is 6. The Labute approximate surface area is 206 Å². The van der Waals surface area contributed by atoms with Crippen LogP contribution < -0.4 is 32.3 Å². The van der Waals surface area contributed by atoms with Gasteiger partial charge in [0, 0.05) is 12.2 Å². The molecule has 11 nitrogen and oxygen atoms in total. The highest BCUT2D eigenvalue weighted by atomic mass is 16.5. The van der Waals surface area contributed by atoms with Gasteiger partial charge in [-0.1, -0.05) is 32.6 Å². The minimum Gasteiger partial charge on any atom is -0.494 e. The summed E-state index contributed by atoms with van der Waals surface area (Å²) in [5.74, 6) is -0.824. The average Bonchev–Trinajstić information content (AvgIpc) is 2.78. The van der Waals surface area contributed by atoms with Crippen molar-refractivity contribution in [3.05, 3.63) is 42.2 Å². The number of carbonyl (C=O) groups excluding carboxylic acids is 4. The van der Waals surface area contributed by atoms with Gasteiger partial charge in [0.05, 0.1) is 12.3 Å². The van der Waals surface area contributed by atoms with Gasteiger partial charge < -0.3 is 37.1 Å². The maximum absolute atomic E-state index is 13.0. The number of amides is 5. The Balaban J connectivity index is 2.89. The summed E-state index contributed by atoms with van der Waals surface area (Å²) in [4.78, 5) is 48.9. The van der Waals surface area contributed by atoms with E-state index < -0.39 is 29.9 Å². The van der Waals surface area contributed by atoms with Crippen LogP contribution in [0.2, 0.25) is 0 Å². The van der Waals surface area contributed by atoms with Crippen LogP contribution in [-0.2, 0) is 25.7 Å². The summed E-state index contributed by atoms with van der Waals surface area (Å²) in [6.45, 7) is 9.73. The third kappa shape index (κ3) is 11.9. The van der Waals surface area contributed by atoms with Crippen molar-refractivity contribution in [3.63, 3.8) is 0 Å². The zero-order valence-corrected chi connectivity index (χ0v) is 20.9. The van der Waals surface area contributed by atoms with Crippen LogP contribution in [-0.4, -0.2) is 56.0 Å². The van der Waals surface area contributed by atoms with E-state index in [1.54, 1.807) is 40.0 Å². The fourth-order valence-electron chi connectivity index (χ4n) is 3.09. The number of hydrogen-bond donors (Lipinski definition) is 6. The summed E-state index contributed by atoms with van der Waals surface area (Å²) in [5, 5.41) is 13.4. The lowest BCUT2D eigenvalue weighted by atomic mass is 10.0. The van der Waals surface area contributed by atoms with Crippen molar-refractivity contribution in [2.45, 2.75) is 52.3 Å². The molecule has 0 radical (unpaired) electrons. The van der Waals surface area contributed by atoms with Gasteiger partial charge in [-0.05, 0) is 50.4 Å². The molecule has 0 saturated heterocycles. The molecule has 0 bridgehead atoms. The lowest BCUT2D eigenvalue weighted by molar-refractivity contribution is -0.131. The standard InChI is InChI=1S/C24H38N6O5/c1-15(2)21(30-20(31)13-26-5)23(33)29-19(7-6-12-27-24(25)34)22(32)28-18-10-8-17(9-11-18)14-35-16(3)4/h8-11,15,19,21,26H,3,6-7,12-14H2,1-2,4-5H3,(H,28,32)(H,29,33)(H,30,31)(H3,25,27,34)/t19-,21-/m1/s1. The van der Waals surface area contributed by atoms with Crippen LogP contribution in [0.15, 0.2) is 36.6 Å². The van der Waals surface area contributed by atoms with E-state index in [4.69, 9.17) is 10.5 Å². The summed E-state index contributed by atoms with van der Waals surface area (Å²) >= 11 is 0. The quantitative estimate of drug-likeness (QED) is 0.158. The number of benzene rings is 1. The first-order valence-electron chi connectivity index (χ1n) is 11.5. The van der Waals surface area contributed by atoms with Gasteiger partial charge in [-0.25, -0.2) is 4.79 Å². The van der Waals surface area contributed by atoms with Gasteiger partial charge in [0.1, 0.15) is 18.7 Å². The van der Waals surface area contributed by atoms with E-state index in [1.807, 2.05) is 12.1 Å². The minimum atomic E-state index is -0.897. The Morgan fingerprint density at radius 3 is 2.26 bits per heavy atom. The highest BCUT2D eigenvalue weighted by molar-refractivity contribution is 5.98. The van der Waals surface area contributed by atoms with Gasteiger partial charge in [-0.15, -0.1) is 0 Å². The van der Waals surface area contributed by atoms with Gasteiger partial charge in [0.15, 0.2) is 0 Å². The molecule has 5 amide bonds. The molecule has 0 aromatic heterocycles. The summed E-state index contributed by atoms with van der Waals surface area (Å²) in [6, 6.07) is 4.71. The van der Waals surface area contributed by atoms with E-state index in [-0.39, 0.29) is 31.3 Å². The van der Waals surface area contributed by atoms with Crippen LogP contribution in [0.1, 0.15) is 39.2 Å². The monoisotopic (exact) mass is 490 g/mol. The van der Waals surface area contributed by atoms with Crippen molar-refractivity contribution in [2.75, 3.05) is 25.5 Å². The van der Waals surface area contributed by atoms with E-state index in [0.717, 1.165) is 5.56 Å². The van der Waals surface area contributed by atoms with Crippen LogP contribution in [0.5, 0.6) is 0 Å². The molecule has 35 heavy (non-hydrogen) atoms. The Bertz CT molecular complexity index is 872. The molecule has 0 aliphatic heterocycles. The molecule has 7 N–H and O–H groups in total. The summed E-state index contributed by atoms with van der Waals surface area (Å²) in [6.07, 6.45) is 0.647.